The molecule has 1 rings (SSSR count). The Morgan fingerprint density at radius 3 is 2.54 bits per heavy atom. The van der Waals surface area contributed by atoms with Gasteiger partial charge in [0.2, 0.25) is 0 Å². The van der Waals surface area contributed by atoms with E-state index in [2.05, 4.69) is 33.0 Å². The molecule has 0 aliphatic carbocycles. The maximum absolute atomic E-state index is 5.85. The number of ether oxygens (including phenoxy) is 1. The van der Waals surface area contributed by atoms with Crippen molar-refractivity contribution in [3.63, 3.8) is 0 Å². The molecule has 1 aliphatic heterocycles. The molecule has 0 aromatic carbocycles. The Balaban J connectivity index is 2.61. The molecule has 0 saturated carbocycles. The number of rotatable bonds is 4. The Bertz CT molecular complexity index is 150. The van der Waals surface area contributed by atoms with Gasteiger partial charge in [-0.25, -0.2) is 0 Å². The van der Waals surface area contributed by atoms with E-state index < -0.39 is 0 Å². The zero-order valence-electron chi connectivity index (χ0n) is 9.39. The molecule has 2 unspecified atom stereocenters. The fourth-order valence-electron chi connectivity index (χ4n) is 2.42. The van der Waals surface area contributed by atoms with Crippen LogP contribution < -0.4 is 5.32 Å². The predicted octanol–water partition coefficient (Wildman–Crippen LogP) is 2.19. The predicted molar refractivity (Wildman–Crippen MR) is 55.9 cm³/mol. The second kappa shape index (κ2) is 4.43. The molecule has 0 aromatic heterocycles. The summed E-state index contributed by atoms with van der Waals surface area (Å²) >= 11 is 0. The van der Waals surface area contributed by atoms with E-state index in [4.69, 9.17) is 4.74 Å². The van der Waals surface area contributed by atoms with Gasteiger partial charge in [0.15, 0.2) is 0 Å². The van der Waals surface area contributed by atoms with Crippen LogP contribution in [0.3, 0.4) is 0 Å². The minimum atomic E-state index is 0.0736. The highest BCUT2D eigenvalue weighted by Gasteiger charge is 2.39. The molecule has 0 aromatic rings. The largest absolute Gasteiger partial charge is 0.374 e. The summed E-state index contributed by atoms with van der Waals surface area (Å²) in [6, 6.07) is 0.500. The molecule has 0 spiro atoms. The van der Waals surface area contributed by atoms with Gasteiger partial charge in [0.1, 0.15) is 0 Å². The zero-order chi connectivity index (χ0) is 9.90. The number of nitrogens with one attached hydrogen (secondary N) is 1. The standard InChI is InChI=1S/C11H23NO/c1-5-12-10(9(2)3)11(4)7-6-8-13-11/h9-10,12H,5-8H2,1-4H3. The lowest BCUT2D eigenvalue weighted by atomic mass is 9.85. The average Bonchev–Trinajstić information content (AvgIpc) is 2.48. The highest BCUT2D eigenvalue weighted by molar-refractivity contribution is 4.93. The molecule has 2 nitrogen and oxygen atoms in total. The Labute approximate surface area is 82.0 Å². The highest BCUT2D eigenvalue weighted by atomic mass is 16.5. The maximum Gasteiger partial charge on any atom is 0.0810 e. The van der Waals surface area contributed by atoms with Gasteiger partial charge < -0.3 is 10.1 Å². The molecule has 2 atom stereocenters. The van der Waals surface area contributed by atoms with Crippen LogP contribution in [0.25, 0.3) is 0 Å². The molecule has 2 heteroatoms. The first-order valence-corrected chi connectivity index (χ1v) is 5.47. The maximum atomic E-state index is 5.85. The molecule has 1 saturated heterocycles. The Morgan fingerprint density at radius 2 is 2.15 bits per heavy atom. The lowest BCUT2D eigenvalue weighted by Crippen LogP contribution is -2.51. The topological polar surface area (TPSA) is 21.3 Å². The lowest BCUT2D eigenvalue weighted by Gasteiger charge is -2.36. The van der Waals surface area contributed by atoms with Crippen molar-refractivity contribution < 1.29 is 4.74 Å². The van der Waals surface area contributed by atoms with Crippen LogP contribution in [0, 0.1) is 5.92 Å². The summed E-state index contributed by atoms with van der Waals surface area (Å²) in [6.45, 7) is 10.9. The third-order valence-electron chi connectivity index (χ3n) is 3.00. The van der Waals surface area contributed by atoms with Crippen molar-refractivity contribution in [2.24, 2.45) is 5.92 Å². The van der Waals surface area contributed by atoms with Gasteiger partial charge in [0.05, 0.1) is 5.60 Å². The molecule has 1 fully saturated rings. The van der Waals surface area contributed by atoms with Crippen LogP contribution in [0.15, 0.2) is 0 Å². The first-order chi connectivity index (χ1) is 6.10. The Kier molecular flexibility index (Phi) is 3.74. The summed E-state index contributed by atoms with van der Waals surface area (Å²) in [5.74, 6) is 0.642. The smallest absolute Gasteiger partial charge is 0.0810 e. The summed E-state index contributed by atoms with van der Waals surface area (Å²) in [6.07, 6.45) is 2.41. The van der Waals surface area contributed by atoms with E-state index in [0.717, 1.165) is 13.2 Å². The third kappa shape index (κ3) is 2.44. The highest BCUT2D eigenvalue weighted by Crippen LogP contribution is 2.31. The van der Waals surface area contributed by atoms with Gasteiger partial charge in [0.25, 0.3) is 0 Å². The minimum Gasteiger partial charge on any atom is -0.374 e. The van der Waals surface area contributed by atoms with Crippen LogP contribution in [-0.4, -0.2) is 24.8 Å². The molecule has 0 amide bonds. The molecule has 1 heterocycles. The molecular weight excluding hydrogens is 162 g/mol. The van der Waals surface area contributed by atoms with Crippen LogP contribution in [0.4, 0.5) is 0 Å². The fraction of sp³-hybridized carbons (Fsp3) is 1.00. The average molecular weight is 185 g/mol. The molecule has 78 valence electrons. The van der Waals surface area contributed by atoms with Gasteiger partial charge in [-0.1, -0.05) is 20.8 Å². The van der Waals surface area contributed by atoms with E-state index >= 15 is 0 Å². The monoisotopic (exact) mass is 185 g/mol. The van der Waals surface area contributed by atoms with Gasteiger partial charge in [-0.2, -0.15) is 0 Å². The van der Waals surface area contributed by atoms with E-state index in [1.807, 2.05) is 0 Å². The second-order valence-corrected chi connectivity index (χ2v) is 4.54. The van der Waals surface area contributed by atoms with Crippen LogP contribution in [0.1, 0.15) is 40.5 Å². The lowest BCUT2D eigenvalue weighted by molar-refractivity contribution is -0.0239. The number of hydrogen-bond acceptors (Lipinski definition) is 2. The van der Waals surface area contributed by atoms with Gasteiger partial charge in [-0.05, 0) is 32.2 Å². The minimum absolute atomic E-state index is 0.0736. The van der Waals surface area contributed by atoms with E-state index in [9.17, 15) is 0 Å². The van der Waals surface area contributed by atoms with Crippen molar-refractivity contribution in [3.05, 3.63) is 0 Å². The summed E-state index contributed by atoms with van der Waals surface area (Å²) < 4.78 is 5.85. The first-order valence-electron chi connectivity index (χ1n) is 5.47. The van der Waals surface area contributed by atoms with E-state index in [1.54, 1.807) is 0 Å². The van der Waals surface area contributed by atoms with E-state index in [-0.39, 0.29) is 5.60 Å². The summed E-state index contributed by atoms with van der Waals surface area (Å²) in [4.78, 5) is 0. The SMILES string of the molecule is CCNC(C(C)C)C1(C)CCCO1. The van der Waals surface area contributed by atoms with Crippen molar-refractivity contribution in [3.8, 4) is 0 Å². The molecule has 13 heavy (non-hydrogen) atoms. The van der Waals surface area contributed by atoms with Crippen LogP contribution >= 0.6 is 0 Å². The normalized spacial score (nSPS) is 31.2. The van der Waals surface area contributed by atoms with Crippen LogP contribution in [0.5, 0.6) is 0 Å². The number of likely N-dealkylation sites (N-methyl/N-ethyl adjacent to an activating group) is 1. The van der Waals surface area contributed by atoms with Crippen molar-refractivity contribution in [2.75, 3.05) is 13.2 Å². The molecule has 0 radical (unpaired) electrons. The van der Waals surface area contributed by atoms with E-state index in [1.165, 1.54) is 12.8 Å². The quantitative estimate of drug-likeness (QED) is 0.725. The van der Waals surface area contributed by atoms with Crippen molar-refractivity contribution in [1.82, 2.24) is 5.32 Å². The van der Waals surface area contributed by atoms with Crippen LogP contribution in [0.2, 0.25) is 0 Å². The summed E-state index contributed by atoms with van der Waals surface area (Å²) in [7, 11) is 0. The Hall–Kier alpha value is -0.0800. The Morgan fingerprint density at radius 1 is 1.46 bits per heavy atom. The number of hydrogen-bond donors (Lipinski definition) is 1. The van der Waals surface area contributed by atoms with Gasteiger partial charge >= 0.3 is 0 Å². The van der Waals surface area contributed by atoms with Crippen molar-refractivity contribution in [1.29, 1.82) is 0 Å². The second-order valence-electron chi connectivity index (χ2n) is 4.54. The van der Waals surface area contributed by atoms with Gasteiger partial charge in [-0.15, -0.1) is 0 Å². The fourth-order valence-corrected chi connectivity index (χ4v) is 2.42. The zero-order valence-corrected chi connectivity index (χ0v) is 9.39. The molecular formula is C11H23NO. The van der Waals surface area contributed by atoms with Gasteiger partial charge in [-0.3, -0.25) is 0 Å². The van der Waals surface area contributed by atoms with Gasteiger partial charge in [0, 0.05) is 12.6 Å². The molecule has 1 aliphatic rings. The van der Waals surface area contributed by atoms with E-state index in [0.29, 0.717) is 12.0 Å². The first kappa shape index (κ1) is 11.0. The molecule has 1 N–H and O–H groups in total. The summed E-state index contributed by atoms with van der Waals surface area (Å²) in [5, 5.41) is 3.54. The molecule has 0 bridgehead atoms. The third-order valence-corrected chi connectivity index (χ3v) is 3.00. The van der Waals surface area contributed by atoms with Crippen LogP contribution in [-0.2, 0) is 4.74 Å². The van der Waals surface area contributed by atoms with Crippen molar-refractivity contribution >= 4 is 0 Å². The summed E-state index contributed by atoms with van der Waals surface area (Å²) in [5.41, 5.74) is 0.0736. The van der Waals surface area contributed by atoms with Crippen molar-refractivity contribution in [2.45, 2.75) is 52.2 Å².